The van der Waals surface area contributed by atoms with Crippen LogP contribution < -0.4 is 14.2 Å². The zero-order chi connectivity index (χ0) is 18.6. The average Bonchev–Trinajstić information content (AvgIpc) is 2.55. The summed E-state index contributed by atoms with van der Waals surface area (Å²) < 4.78 is 39.4. The van der Waals surface area contributed by atoms with Crippen LogP contribution in [0.1, 0.15) is 37.8 Å². The topological polar surface area (TPSA) is 64.6 Å². The molecule has 0 aliphatic heterocycles. The van der Waals surface area contributed by atoms with E-state index >= 15 is 0 Å². The van der Waals surface area contributed by atoms with Gasteiger partial charge in [0.2, 0.25) is 0 Å². The lowest BCUT2D eigenvalue weighted by Crippen LogP contribution is -2.16. The molecule has 0 bridgehead atoms. The quantitative estimate of drug-likeness (QED) is 0.795. The van der Waals surface area contributed by atoms with Gasteiger partial charge in [0, 0.05) is 0 Å². The summed E-state index contributed by atoms with van der Waals surface area (Å²) >= 11 is 0. The first-order chi connectivity index (χ1) is 11.8. The van der Waals surface area contributed by atoms with E-state index in [0.29, 0.717) is 23.8 Å². The summed E-state index contributed by atoms with van der Waals surface area (Å²) in [5.41, 5.74) is 2.37. The summed E-state index contributed by atoms with van der Waals surface area (Å²) in [6.45, 7) is 8.31. The maximum absolute atomic E-state index is 13.0. The Morgan fingerprint density at radius 3 is 2.40 bits per heavy atom. The van der Waals surface area contributed by atoms with E-state index < -0.39 is 10.0 Å². The Balaban J connectivity index is 2.51. The van der Waals surface area contributed by atoms with Gasteiger partial charge < -0.3 is 9.47 Å². The fraction of sp³-hybridized carbons (Fsp3) is 0.368. The minimum atomic E-state index is -3.82. The number of hydrogen-bond acceptors (Lipinski definition) is 4. The van der Waals surface area contributed by atoms with Crippen molar-refractivity contribution in [3.63, 3.8) is 0 Å². The SMILES string of the molecule is CCOc1ccccc1NS(=O)(=O)c1cc(C(C)C)c(C)cc1OC. The van der Waals surface area contributed by atoms with E-state index in [1.54, 1.807) is 36.4 Å². The predicted molar refractivity (Wildman–Crippen MR) is 100 cm³/mol. The van der Waals surface area contributed by atoms with Crippen LogP contribution in [0.3, 0.4) is 0 Å². The van der Waals surface area contributed by atoms with E-state index in [4.69, 9.17) is 9.47 Å². The number of para-hydroxylation sites is 2. The molecule has 5 nitrogen and oxygen atoms in total. The van der Waals surface area contributed by atoms with Gasteiger partial charge in [0.25, 0.3) is 10.0 Å². The predicted octanol–water partition coefficient (Wildman–Crippen LogP) is 4.33. The fourth-order valence-corrected chi connectivity index (χ4v) is 3.96. The monoisotopic (exact) mass is 363 g/mol. The zero-order valence-corrected chi connectivity index (χ0v) is 16.1. The van der Waals surface area contributed by atoms with Crippen LogP contribution in [0.25, 0.3) is 0 Å². The third-order valence-corrected chi connectivity index (χ3v) is 5.28. The van der Waals surface area contributed by atoms with Gasteiger partial charge in [-0.05, 0) is 55.2 Å². The number of nitrogens with one attached hydrogen (secondary N) is 1. The molecule has 0 atom stereocenters. The van der Waals surface area contributed by atoms with Crippen molar-refractivity contribution < 1.29 is 17.9 Å². The molecular formula is C19H25NO4S. The van der Waals surface area contributed by atoms with E-state index in [1.165, 1.54) is 7.11 Å². The standard InChI is InChI=1S/C19H25NO4S/c1-6-24-17-10-8-7-9-16(17)20-25(21,22)19-12-15(13(2)3)14(4)11-18(19)23-5/h7-13,20H,6H2,1-5H3. The van der Waals surface area contributed by atoms with E-state index in [9.17, 15) is 8.42 Å². The minimum Gasteiger partial charge on any atom is -0.495 e. The normalized spacial score (nSPS) is 11.4. The Kier molecular flexibility index (Phi) is 5.95. The lowest BCUT2D eigenvalue weighted by molar-refractivity contribution is 0.342. The summed E-state index contributed by atoms with van der Waals surface area (Å²) in [4.78, 5) is 0.121. The van der Waals surface area contributed by atoms with Crippen molar-refractivity contribution in [3.8, 4) is 11.5 Å². The third kappa shape index (κ3) is 4.25. The first-order valence-corrected chi connectivity index (χ1v) is 9.71. The fourth-order valence-electron chi connectivity index (χ4n) is 2.70. The molecular weight excluding hydrogens is 338 g/mol. The molecule has 0 saturated carbocycles. The Morgan fingerprint density at radius 1 is 1.12 bits per heavy atom. The molecule has 0 amide bonds. The molecule has 2 rings (SSSR count). The van der Waals surface area contributed by atoms with Crippen molar-refractivity contribution in [2.45, 2.75) is 38.5 Å². The highest BCUT2D eigenvalue weighted by molar-refractivity contribution is 7.92. The number of aryl methyl sites for hydroxylation is 1. The molecule has 2 aromatic carbocycles. The Hall–Kier alpha value is -2.21. The van der Waals surface area contributed by atoms with E-state index in [2.05, 4.69) is 4.72 Å². The summed E-state index contributed by atoms with van der Waals surface area (Å²) in [6.07, 6.45) is 0. The van der Waals surface area contributed by atoms with Crippen LogP contribution in [0.5, 0.6) is 11.5 Å². The summed E-state index contributed by atoms with van der Waals surface area (Å²) in [5, 5.41) is 0. The smallest absolute Gasteiger partial charge is 0.265 e. The van der Waals surface area contributed by atoms with Gasteiger partial charge in [-0.25, -0.2) is 8.42 Å². The summed E-state index contributed by atoms with van der Waals surface area (Å²) in [7, 11) is -2.36. The van der Waals surface area contributed by atoms with Crippen LogP contribution in [0.15, 0.2) is 41.3 Å². The van der Waals surface area contributed by atoms with Crippen molar-refractivity contribution in [1.29, 1.82) is 0 Å². The van der Waals surface area contributed by atoms with Gasteiger partial charge in [-0.1, -0.05) is 26.0 Å². The highest BCUT2D eigenvalue weighted by Gasteiger charge is 2.23. The molecule has 0 saturated heterocycles. The highest BCUT2D eigenvalue weighted by Crippen LogP contribution is 2.33. The number of sulfonamides is 1. The number of methoxy groups -OCH3 is 1. The van der Waals surface area contributed by atoms with Crippen molar-refractivity contribution in [2.75, 3.05) is 18.4 Å². The number of rotatable bonds is 7. The molecule has 0 aliphatic carbocycles. The molecule has 0 spiro atoms. The average molecular weight is 363 g/mol. The molecule has 6 heteroatoms. The first kappa shape index (κ1) is 19.1. The van der Waals surface area contributed by atoms with Gasteiger partial charge in [-0.15, -0.1) is 0 Å². The maximum Gasteiger partial charge on any atom is 0.265 e. The summed E-state index contributed by atoms with van der Waals surface area (Å²) in [6, 6.07) is 10.4. The zero-order valence-electron chi connectivity index (χ0n) is 15.3. The maximum atomic E-state index is 13.0. The van der Waals surface area contributed by atoms with Crippen molar-refractivity contribution in [1.82, 2.24) is 0 Å². The molecule has 0 aliphatic rings. The van der Waals surface area contributed by atoms with E-state index in [-0.39, 0.29) is 10.8 Å². The van der Waals surface area contributed by atoms with Crippen molar-refractivity contribution in [2.24, 2.45) is 0 Å². The molecule has 0 unspecified atom stereocenters. The molecule has 0 fully saturated rings. The minimum absolute atomic E-state index is 0.121. The number of anilines is 1. The largest absolute Gasteiger partial charge is 0.495 e. The van der Waals surface area contributed by atoms with Gasteiger partial charge in [0.15, 0.2) is 0 Å². The first-order valence-electron chi connectivity index (χ1n) is 8.23. The molecule has 1 N–H and O–H groups in total. The van der Waals surface area contributed by atoms with Gasteiger partial charge in [-0.3, -0.25) is 4.72 Å². The number of hydrogen-bond donors (Lipinski definition) is 1. The second kappa shape index (κ2) is 7.78. The highest BCUT2D eigenvalue weighted by atomic mass is 32.2. The number of benzene rings is 2. The second-order valence-electron chi connectivity index (χ2n) is 6.05. The number of ether oxygens (including phenoxy) is 2. The summed E-state index contributed by atoms with van der Waals surface area (Å²) in [5.74, 6) is 1.02. The van der Waals surface area contributed by atoms with Crippen LogP contribution in [0.2, 0.25) is 0 Å². The van der Waals surface area contributed by atoms with Crippen LogP contribution in [-0.4, -0.2) is 22.1 Å². The van der Waals surface area contributed by atoms with Crippen molar-refractivity contribution >= 4 is 15.7 Å². The Labute approximate surface area is 150 Å². The molecule has 136 valence electrons. The molecule has 25 heavy (non-hydrogen) atoms. The van der Waals surface area contributed by atoms with Crippen LogP contribution in [-0.2, 0) is 10.0 Å². The van der Waals surface area contributed by atoms with E-state index in [0.717, 1.165) is 11.1 Å². The Bertz CT molecular complexity index is 844. The molecule has 0 aromatic heterocycles. The van der Waals surface area contributed by atoms with Crippen molar-refractivity contribution in [3.05, 3.63) is 47.5 Å². The van der Waals surface area contributed by atoms with Gasteiger partial charge in [0.1, 0.15) is 16.4 Å². The molecule has 0 heterocycles. The van der Waals surface area contributed by atoms with Gasteiger partial charge in [-0.2, -0.15) is 0 Å². The molecule has 2 aromatic rings. The second-order valence-corrected chi connectivity index (χ2v) is 7.70. The van der Waals surface area contributed by atoms with E-state index in [1.807, 2.05) is 27.7 Å². The van der Waals surface area contributed by atoms with Crippen LogP contribution >= 0.6 is 0 Å². The van der Waals surface area contributed by atoms with Gasteiger partial charge >= 0.3 is 0 Å². The van der Waals surface area contributed by atoms with Crippen LogP contribution in [0, 0.1) is 6.92 Å². The molecule has 0 radical (unpaired) electrons. The Morgan fingerprint density at radius 2 is 1.80 bits per heavy atom. The van der Waals surface area contributed by atoms with Crippen LogP contribution in [0.4, 0.5) is 5.69 Å². The lowest BCUT2D eigenvalue weighted by Gasteiger charge is -2.18. The third-order valence-electron chi connectivity index (χ3n) is 3.90. The van der Waals surface area contributed by atoms with Gasteiger partial charge in [0.05, 0.1) is 19.4 Å². The lowest BCUT2D eigenvalue weighted by atomic mass is 9.98.